The molecule has 0 spiro atoms. The first-order valence-corrected chi connectivity index (χ1v) is 7.01. The minimum Gasteiger partial charge on any atom is -0.0654 e. The van der Waals surface area contributed by atoms with Gasteiger partial charge < -0.3 is 0 Å². The Morgan fingerprint density at radius 1 is 1.20 bits per heavy atom. The van der Waals surface area contributed by atoms with Crippen LogP contribution in [0, 0.1) is 23.2 Å². The van der Waals surface area contributed by atoms with Gasteiger partial charge in [-0.1, -0.05) is 53.9 Å². The highest BCUT2D eigenvalue weighted by Gasteiger charge is 2.36. The van der Waals surface area contributed by atoms with Crippen LogP contribution in [0.4, 0.5) is 0 Å². The average molecular weight is 210 g/mol. The fourth-order valence-electron chi connectivity index (χ4n) is 3.45. The molecule has 0 aromatic heterocycles. The molecule has 3 atom stereocenters. The Morgan fingerprint density at radius 2 is 1.87 bits per heavy atom. The Balaban J connectivity index is 2.65. The van der Waals surface area contributed by atoms with Gasteiger partial charge in [0.25, 0.3) is 0 Å². The zero-order valence-electron chi connectivity index (χ0n) is 11.5. The molecular weight excluding hydrogens is 180 g/mol. The number of hydrogen-bond acceptors (Lipinski definition) is 0. The molecule has 0 N–H and O–H groups in total. The van der Waals surface area contributed by atoms with Crippen LogP contribution in [0.5, 0.6) is 0 Å². The molecule has 0 radical (unpaired) electrons. The van der Waals surface area contributed by atoms with Crippen LogP contribution in [0.25, 0.3) is 0 Å². The van der Waals surface area contributed by atoms with Gasteiger partial charge in [-0.15, -0.1) is 0 Å². The third-order valence-electron chi connectivity index (χ3n) is 4.82. The van der Waals surface area contributed by atoms with Crippen LogP contribution >= 0.6 is 0 Å². The molecule has 1 rings (SSSR count). The fraction of sp³-hybridized carbons (Fsp3) is 1.00. The van der Waals surface area contributed by atoms with Crippen molar-refractivity contribution in [1.82, 2.24) is 0 Å². The van der Waals surface area contributed by atoms with Crippen molar-refractivity contribution in [2.24, 2.45) is 23.2 Å². The van der Waals surface area contributed by atoms with E-state index in [-0.39, 0.29) is 0 Å². The van der Waals surface area contributed by atoms with Crippen molar-refractivity contribution in [1.29, 1.82) is 0 Å². The highest BCUT2D eigenvalue weighted by atomic mass is 14.4. The third kappa shape index (κ3) is 3.23. The average Bonchev–Trinajstić information content (AvgIpc) is 2.60. The predicted octanol–water partition coefficient (Wildman–Crippen LogP) is 5.28. The van der Waals surface area contributed by atoms with E-state index in [9.17, 15) is 0 Å². The lowest BCUT2D eigenvalue weighted by Crippen LogP contribution is -2.29. The van der Waals surface area contributed by atoms with Gasteiger partial charge in [0.1, 0.15) is 0 Å². The lowest BCUT2D eigenvalue weighted by molar-refractivity contribution is 0.120. The molecule has 0 amide bonds. The Hall–Kier alpha value is 0. The van der Waals surface area contributed by atoms with E-state index in [1.54, 1.807) is 0 Å². The first-order valence-electron chi connectivity index (χ1n) is 7.01. The van der Waals surface area contributed by atoms with E-state index < -0.39 is 0 Å². The molecule has 0 bridgehead atoms. The van der Waals surface area contributed by atoms with Crippen LogP contribution in [-0.2, 0) is 0 Å². The Morgan fingerprint density at radius 3 is 2.27 bits per heavy atom. The highest BCUT2D eigenvalue weighted by Crippen LogP contribution is 2.46. The van der Waals surface area contributed by atoms with Crippen molar-refractivity contribution < 1.29 is 0 Å². The maximum Gasteiger partial charge on any atom is -0.0326 e. The van der Waals surface area contributed by atoms with E-state index in [1.807, 2.05) is 0 Å². The van der Waals surface area contributed by atoms with Gasteiger partial charge in [0.15, 0.2) is 0 Å². The van der Waals surface area contributed by atoms with Crippen LogP contribution < -0.4 is 0 Å². The molecular formula is C15H30. The topological polar surface area (TPSA) is 0 Å². The van der Waals surface area contributed by atoms with Gasteiger partial charge >= 0.3 is 0 Å². The molecule has 0 heteroatoms. The van der Waals surface area contributed by atoms with Crippen LogP contribution in [0.15, 0.2) is 0 Å². The van der Waals surface area contributed by atoms with Crippen LogP contribution in [-0.4, -0.2) is 0 Å². The van der Waals surface area contributed by atoms with Crippen molar-refractivity contribution in [2.45, 2.75) is 73.1 Å². The van der Waals surface area contributed by atoms with E-state index in [1.165, 1.54) is 38.5 Å². The molecule has 0 aromatic carbocycles. The van der Waals surface area contributed by atoms with Gasteiger partial charge in [-0.3, -0.25) is 0 Å². The maximum absolute atomic E-state index is 2.48. The first-order chi connectivity index (χ1) is 7.01. The summed E-state index contributed by atoms with van der Waals surface area (Å²) in [6.07, 6.45) is 8.60. The molecule has 1 aliphatic carbocycles. The van der Waals surface area contributed by atoms with Crippen molar-refractivity contribution in [3.8, 4) is 0 Å². The van der Waals surface area contributed by atoms with Crippen molar-refractivity contribution in [2.75, 3.05) is 0 Å². The van der Waals surface area contributed by atoms with Gasteiger partial charge in [0.05, 0.1) is 0 Å². The predicted molar refractivity (Wildman–Crippen MR) is 69.0 cm³/mol. The Labute approximate surface area is 96.8 Å². The van der Waals surface area contributed by atoms with Crippen molar-refractivity contribution in [3.63, 3.8) is 0 Å². The van der Waals surface area contributed by atoms with Crippen LogP contribution in [0.1, 0.15) is 73.1 Å². The molecule has 0 saturated heterocycles. The van der Waals surface area contributed by atoms with E-state index in [4.69, 9.17) is 0 Å². The molecule has 90 valence electrons. The summed E-state index contributed by atoms with van der Waals surface area (Å²) in [4.78, 5) is 0. The van der Waals surface area contributed by atoms with Crippen LogP contribution in [0.3, 0.4) is 0 Å². The first kappa shape index (κ1) is 13.1. The lowest BCUT2D eigenvalue weighted by atomic mass is 9.67. The van der Waals surface area contributed by atoms with E-state index in [0.717, 1.165) is 17.8 Å². The molecule has 1 saturated carbocycles. The van der Waals surface area contributed by atoms with Gasteiger partial charge in [0, 0.05) is 0 Å². The Kier molecular flexibility index (Phi) is 4.67. The summed E-state index contributed by atoms with van der Waals surface area (Å²) >= 11 is 0. The summed E-state index contributed by atoms with van der Waals surface area (Å²) in [5, 5.41) is 0. The quantitative estimate of drug-likeness (QED) is 0.579. The van der Waals surface area contributed by atoms with Gasteiger partial charge in [-0.05, 0) is 42.4 Å². The summed E-state index contributed by atoms with van der Waals surface area (Å²) < 4.78 is 0. The summed E-state index contributed by atoms with van der Waals surface area (Å²) in [5.41, 5.74) is 0.560. The molecule has 3 unspecified atom stereocenters. The largest absolute Gasteiger partial charge is 0.0654 e. The second-order valence-corrected chi connectivity index (χ2v) is 6.42. The monoisotopic (exact) mass is 210 g/mol. The van der Waals surface area contributed by atoms with Gasteiger partial charge in [-0.2, -0.15) is 0 Å². The van der Waals surface area contributed by atoms with Crippen molar-refractivity contribution in [3.05, 3.63) is 0 Å². The molecule has 0 aromatic rings. The molecule has 1 fully saturated rings. The molecule has 0 aliphatic heterocycles. The number of rotatable bonds is 5. The second-order valence-electron chi connectivity index (χ2n) is 6.42. The third-order valence-corrected chi connectivity index (χ3v) is 4.82. The van der Waals surface area contributed by atoms with E-state index in [2.05, 4.69) is 34.6 Å². The highest BCUT2D eigenvalue weighted by molar-refractivity contribution is 4.86. The normalized spacial score (nSPS) is 29.4. The van der Waals surface area contributed by atoms with Gasteiger partial charge in [0.2, 0.25) is 0 Å². The summed E-state index contributed by atoms with van der Waals surface area (Å²) in [6.45, 7) is 12.1. The minimum absolute atomic E-state index is 0.560. The lowest BCUT2D eigenvalue weighted by Gasteiger charge is -2.38. The smallest absolute Gasteiger partial charge is 0.0326 e. The SMILES string of the molecule is CCCC(C1CCC(C)C1)C(C)(C)CC. The standard InChI is InChI=1S/C15H30/c1-6-8-14(15(4,5)7-2)13-10-9-12(3)11-13/h12-14H,6-11H2,1-5H3. The van der Waals surface area contributed by atoms with E-state index >= 15 is 0 Å². The fourth-order valence-corrected chi connectivity index (χ4v) is 3.45. The van der Waals surface area contributed by atoms with E-state index in [0.29, 0.717) is 5.41 Å². The Bertz CT molecular complexity index is 180. The number of hydrogen-bond donors (Lipinski definition) is 0. The molecule has 0 nitrogen and oxygen atoms in total. The van der Waals surface area contributed by atoms with Crippen LogP contribution in [0.2, 0.25) is 0 Å². The summed E-state index contributed by atoms with van der Waals surface area (Å²) in [6, 6.07) is 0. The molecule has 1 aliphatic rings. The van der Waals surface area contributed by atoms with Crippen molar-refractivity contribution >= 4 is 0 Å². The summed E-state index contributed by atoms with van der Waals surface area (Å²) in [7, 11) is 0. The molecule has 15 heavy (non-hydrogen) atoms. The second kappa shape index (κ2) is 5.37. The molecule has 0 heterocycles. The van der Waals surface area contributed by atoms with Gasteiger partial charge in [-0.25, -0.2) is 0 Å². The maximum atomic E-state index is 2.48. The summed E-state index contributed by atoms with van der Waals surface area (Å²) in [5.74, 6) is 2.98. The zero-order chi connectivity index (χ0) is 11.5. The minimum atomic E-state index is 0.560. The zero-order valence-corrected chi connectivity index (χ0v) is 11.5.